The third-order valence-corrected chi connectivity index (χ3v) is 3.55. The summed E-state index contributed by atoms with van der Waals surface area (Å²) in [5.41, 5.74) is 2.05. The number of aliphatic hydroxyl groups is 1. The first-order chi connectivity index (χ1) is 10.2. The molecule has 0 aliphatic heterocycles. The van der Waals surface area contributed by atoms with Crippen LogP contribution < -0.4 is 0 Å². The topological polar surface area (TPSA) is 36.6 Å². The zero-order chi connectivity index (χ0) is 14.7. The Morgan fingerprint density at radius 2 is 1.76 bits per heavy atom. The molecule has 0 saturated carbocycles. The van der Waals surface area contributed by atoms with E-state index in [0.29, 0.717) is 12.3 Å². The number of hydrogen-bond acceptors (Lipinski definition) is 3. The van der Waals surface area contributed by atoms with Gasteiger partial charge in [-0.05, 0) is 24.7 Å². The highest BCUT2D eigenvalue weighted by Gasteiger charge is 2.15. The summed E-state index contributed by atoms with van der Waals surface area (Å²) in [5.74, 6) is 0.621. The van der Waals surface area contributed by atoms with E-state index in [0.717, 1.165) is 17.5 Å². The van der Waals surface area contributed by atoms with E-state index in [9.17, 15) is 5.11 Å². The molecular weight excluding hydrogens is 262 g/mol. The largest absolute Gasteiger partial charge is 0.458 e. The molecule has 3 aromatic rings. The van der Waals surface area contributed by atoms with Gasteiger partial charge in [-0.3, -0.25) is 4.90 Å². The fourth-order valence-corrected chi connectivity index (χ4v) is 2.51. The van der Waals surface area contributed by atoms with E-state index in [1.54, 1.807) is 0 Å². The van der Waals surface area contributed by atoms with Gasteiger partial charge in [0.15, 0.2) is 0 Å². The SMILES string of the molecule is CN(Cc1ccccc1)CC(O)c1cc2ccccc2o1. The number of nitrogens with zero attached hydrogens (tertiary/aromatic N) is 1. The number of likely N-dealkylation sites (N-methyl/N-ethyl adjacent to an activating group) is 1. The number of fused-ring (bicyclic) bond motifs is 1. The van der Waals surface area contributed by atoms with Crippen LogP contribution >= 0.6 is 0 Å². The molecule has 21 heavy (non-hydrogen) atoms. The Morgan fingerprint density at radius 1 is 1.05 bits per heavy atom. The zero-order valence-electron chi connectivity index (χ0n) is 12.1. The minimum atomic E-state index is -0.619. The lowest BCUT2D eigenvalue weighted by atomic mass is 10.2. The first-order valence-corrected chi connectivity index (χ1v) is 7.11. The number of benzene rings is 2. The number of aliphatic hydroxyl groups excluding tert-OH is 1. The van der Waals surface area contributed by atoms with Gasteiger partial charge in [0.25, 0.3) is 0 Å². The first kappa shape index (κ1) is 13.9. The molecule has 0 saturated heterocycles. The fourth-order valence-electron chi connectivity index (χ4n) is 2.51. The van der Waals surface area contributed by atoms with Crippen LogP contribution in [0.5, 0.6) is 0 Å². The molecule has 0 amide bonds. The lowest BCUT2D eigenvalue weighted by molar-refractivity contribution is 0.105. The van der Waals surface area contributed by atoms with Crippen molar-refractivity contribution >= 4 is 11.0 Å². The molecule has 108 valence electrons. The molecule has 0 spiro atoms. The van der Waals surface area contributed by atoms with E-state index in [-0.39, 0.29) is 0 Å². The van der Waals surface area contributed by atoms with Crippen molar-refractivity contribution in [2.24, 2.45) is 0 Å². The maximum Gasteiger partial charge on any atom is 0.135 e. The van der Waals surface area contributed by atoms with Crippen LogP contribution in [0.15, 0.2) is 65.1 Å². The molecule has 1 unspecified atom stereocenters. The molecule has 1 aromatic heterocycles. The van der Waals surface area contributed by atoms with Gasteiger partial charge < -0.3 is 9.52 Å². The smallest absolute Gasteiger partial charge is 0.135 e. The van der Waals surface area contributed by atoms with Crippen LogP contribution in [-0.2, 0) is 6.54 Å². The van der Waals surface area contributed by atoms with Crippen molar-refractivity contribution in [1.29, 1.82) is 0 Å². The van der Waals surface area contributed by atoms with Crippen LogP contribution in [0.25, 0.3) is 11.0 Å². The second-order valence-electron chi connectivity index (χ2n) is 5.38. The van der Waals surface area contributed by atoms with Crippen LogP contribution in [0.4, 0.5) is 0 Å². The zero-order valence-corrected chi connectivity index (χ0v) is 12.1. The van der Waals surface area contributed by atoms with Crippen molar-refractivity contribution in [2.75, 3.05) is 13.6 Å². The molecule has 3 nitrogen and oxygen atoms in total. The Bertz CT molecular complexity index is 672. The average molecular weight is 281 g/mol. The summed E-state index contributed by atoms with van der Waals surface area (Å²) in [6.07, 6.45) is -0.619. The van der Waals surface area contributed by atoms with Crippen LogP contribution in [0.1, 0.15) is 17.4 Å². The Balaban J connectivity index is 1.66. The Kier molecular flexibility index (Phi) is 4.04. The lowest BCUT2D eigenvalue weighted by Crippen LogP contribution is -2.24. The van der Waals surface area contributed by atoms with E-state index in [1.165, 1.54) is 5.56 Å². The van der Waals surface area contributed by atoms with Crippen LogP contribution in [0, 0.1) is 0 Å². The van der Waals surface area contributed by atoms with Crippen molar-refractivity contribution in [2.45, 2.75) is 12.6 Å². The summed E-state index contributed by atoms with van der Waals surface area (Å²) in [6.45, 7) is 1.34. The molecule has 1 heterocycles. The van der Waals surface area contributed by atoms with Crippen molar-refractivity contribution in [1.82, 2.24) is 4.90 Å². The van der Waals surface area contributed by atoms with Gasteiger partial charge in [0.1, 0.15) is 17.4 Å². The van der Waals surface area contributed by atoms with Gasteiger partial charge in [0.05, 0.1) is 0 Å². The first-order valence-electron chi connectivity index (χ1n) is 7.11. The average Bonchev–Trinajstić information content (AvgIpc) is 2.92. The standard InChI is InChI=1S/C18H19NO2/c1-19(12-14-7-3-2-4-8-14)13-16(20)18-11-15-9-5-6-10-17(15)21-18/h2-11,16,20H,12-13H2,1H3. The molecule has 0 bridgehead atoms. The predicted octanol–water partition coefficient (Wildman–Crippen LogP) is 3.60. The highest BCUT2D eigenvalue weighted by molar-refractivity contribution is 5.77. The third-order valence-electron chi connectivity index (χ3n) is 3.55. The highest BCUT2D eigenvalue weighted by atomic mass is 16.4. The fraction of sp³-hybridized carbons (Fsp3) is 0.222. The van der Waals surface area contributed by atoms with Crippen molar-refractivity contribution in [3.8, 4) is 0 Å². The second-order valence-corrected chi connectivity index (χ2v) is 5.38. The molecule has 0 aliphatic carbocycles. The molecule has 0 fully saturated rings. The van der Waals surface area contributed by atoms with Gasteiger partial charge in [0, 0.05) is 18.5 Å². The summed E-state index contributed by atoms with van der Waals surface area (Å²) >= 11 is 0. The van der Waals surface area contributed by atoms with Crippen molar-refractivity contribution < 1.29 is 9.52 Å². The van der Waals surface area contributed by atoms with Gasteiger partial charge in [-0.15, -0.1) is 0 Å². The molecular formula is C18H19NO2. The Morgan fingerprint density at radius 3 is 2.52 bits per heavy atom. The number of furan rings is 1. The maximum atomic E-state index is 10.3. The monoisotopic (exact) mass is 281 g/mol. The summed E-state index contributed by atoms with van der Waals surface area (Å²) in [7, 11) is 2.00. The third kappa shape index (κ3) is 3.32. The van der Waals surface area contributed by atoms with E-state index in [4.69, 9.17) is 4.42 Å². The maximum absolute atomic E-state index is 10.3. The molecule has 3 heteroatoms. The van der Waals surface area contributed by atoms with Crippen molar-refractivity contribution in [3.63, 3.8) is 0 Å². The second kappa shape index (κ2) is 6.12. The van der Waals surface area contributed by atoms with Gasteiger partial charge in [-0.25, -0.2) is 0 Å². The molecule has 1 atom stereocenters. The lowest BCUT2D eigenvalue weighted by Gasteiger charge is -2.19. The minimum absolute atomic E-state index is 0.536. The normalized spacial score (nSPS) is 12.9. The highest BCUT2D eigenvalue weighted by Crippen LogP contribution is 2.24. The number of para-hydroxylation sites is 1. The number of hydrogen-bond donors (Lipinski definition) is 1. The quantitative estimate of drug-likeness (QED) is 0.776. The van der Waals surface area contributed by atoms with Crippen LogP contribution in [0.3, 0.4) is 0 Å². The Labute approximate surface area is 124 Å². The summed E-state index contributed by atoms with van der Waals surface area (Å²) < 4.78 is 5.70. The number of rotatable bonds is 5. The van der Waals surface area contributed by atoms with E-state index < -0.39 is 6.10 Å². The predicted molar refractivity (Wildman–Crippen MR) is 83.9 cm³/mol. The summed E-state index contributed by atoms with van der Waals surface area (Å²) in [6, 6.07) is 20.0. The van der Waals surface area contributed by atoms with Gasteiger partial charge in [-0.2, -0.15) is 0 Å². The molecule has 0 aliphatic rings. The molecule has 1 N–H and O–H groups in total. The molecule has 3 rings (SSSR count). The summed E-state index contributed by atoms with van der Waals surface area (Å²) in [5, 5.41) is 11.4. The van der Waals surface area contributed by atoms with E-state index in [1.807, 2.05) is 55.6 Å². The van der Waals surface area contributed by atoms with Crippen molar-refractivity contribution in [3.05, 3.63) is 72.0 Å². The Hall–Kier alpha value is -2.10. The molecule has 0 radical (unpaired) electrons. The van der Waals surface area contributed by atoms with Crippen LogP contribution in [-0.4, -0.2) is 23.6 Å². The van der Waals surface area contributed by atoms with E-state index >= 15 is 0 Å². The summed E-state index contributed by atoms with van der Waals surface area (Å²) in [4.78, 5) is 2.09. The van der Waals surface area contributed by atoms with Gasteiger partial charge in [0.2, 0.25) is 0 Å². The molecule has 2 aromatic carbocycles. The van der Waals surface area contributed by atoms with Gasteiger partial charge >= 0.3 is 0 Å². The van der Waals surface area contributed by atoms with Gasteiger partial charge in [-0.1, -0.05) is 48.5 Å². The van der Waals surface area contributed by atoms with E-state index in [2.05, 4.69) is 17.0 Å². The minimum Gasteiger partial charge on any atom is -0.458 e. The van der Waals surface area contributed by atoms with Crippen LogP contribution in [0.2, 0.25) is 0 Å².